The molecule has 14 heavy (non-hydrogen) atoms. The molecule has 0 N–H and O–H groups in total. The van der Waals surface area contributed by atoms with Crippen molar-refractivity contribution >= 4 is 5.78 Å². The number of hydrogen-bond donors (Lipinski definition) is 0. The van der Waals surface area contributed by atoms with Crippen LogP contribution in [0.4, 0.5) is 4.39 Å². The maximum atomic E-state index is 13.0. The fourth-order valence-corrected chi connectivity index (χ4v) is 1.24. The minimum absolute atomic E-state index is 0.0866. The topological polar surface area (TPSA) is 17.1 Å². The summed E-state index contributed by atoms with van der Waals surface area (Å²) in [6.07, 6.45) is 0. The van der Waals surface area contributed by atoms with Crippen molar-refractivity contribution in [3.63, 3.8) is 0 Å². The number of Topliss-reactive ketones (excluding diaryl/α,β-unsaturated/α-hetero) is 1. The van der Waals surface area contributed by atoms with Gasteiger partial charge in [0.25, 0.3) is 0 Å². The normalized spacial score (nSPS) is 11.5. The maximum absolute atomic E-state index is 13.0. The number of ketones is 1. The van der Waals surface area contributed by atoms with Gasteiger partial charge in [-0.15, -0.1) is 0 Å². The Kier molecular flexibility index (Phi) is 2.74. The Morgan fingerprint density at radius 1 is 1.36 bits per heavy atom. The van der Waals surface area contributed by atoms with Crippen molar-refractivity contribution in [2.24, 2.45) is 0 Å². The Morgan fingerprint density at radius 3 is 2.36 bits per heavy atom. The Balaban J connectivity index is 3.21. The van der Waals surface area contributed by atoms with Crippen LogP contribution in [0.25, 0.3) is 0 Å². The molecule has 0 saturated carbocycles. The van der Waals surface area contributed by atoms with Gasteiger partial charge >= 0.3 is 0 Å². The minimum Gasteiger partial charge on any atom is -0.299 e. The number of halogens is 1. The van der Waals surface area contributed by atoms with Gasteiger partial charge in [0, 0.05) is 5.41 Å². The third-order valence-electron chi connectivity index (χ3n) is 2.76. The minimum atomic E-state index is -0.529. The molecule has 0 aliphatic rings. The molecule has 76 valence electrons. The van der Waals surface area contributed by atoms with Gasteiger partial charge in [0.05, 0.1) is 0 Å². The van der Waals surface area contributed by atoms with E-state index in [-0.39, 0.29) is 11.6 Å². The van der Waals surface area contributed by atoms with Gasteiger partial charge in [0.1, 0.15) is 11.6 Å². The van der Waals surface area contributed by atoms with Crippen molar-refractivity contribution in [1.82, 2.24) is 0 Å². The summed E-state index contributed by atoms with van der Waals surface area (Å²) < 4.78 is 13.0. The fourth-order valence-electron chi connectivity index (χ4n) is 1.24. The monoisotopic (exact) mass is 194 g/mol. The number of rotatable bonds is 2. The lowest BCUT2D eigenvalue weighted by Crippen LogP contribution is -2.26. The predicted molar refractivity (Wildman–Crippen MR) is 54.8 cm³/mol. The molecule has 0 amide bonds. The van der Waals surface area contributed by atoms with Gasteiger partial charge in [0.2, 0.25) is 0 Å². The molecule has 0 aliphatic carbocycles. The van der Waals surface area contributed by atoms with E-state index in [1.54, 1.807) is 26.0 Å². The summed E-state index contributed by atoms with van der Waals surface area (Å²) in [5.74, 6) is -0.142. The second kappa shape index (κ2) is 3.52. The van der Waals surface area contributed by atoms with Crippen LogP contribution in [-0.4, -0.2) is 5.78 Å². The van der Waals surface area contributed by atoms with Crippen LogP contribution in [-0.2, 0) is 10.2 Å². The third kappa shape index (κ3) is 1.84. The molecule has 1 nitrogen and oxygen atoms in total. The molecule has 0 atom stereocenters. The summed E-state index contributed by atoms with van der Waals surface area (Å²) in [6, 6.07) is 4.82. The van der Waals surface area contributed by atoms with Gasteiger partial charge in [-0.25, -0.2) is 4.39 Å². The Morgan fingerprint density at radius 2 is 1.93 bits per heavy atom. The van der Waals surface area contributed by atoms with E-state index < -0.39 is 5.41 Å². The molecule has 0 unspecified atom stereocenters. The van der Waals surface area contributed by atoms with Crippen LogP contribution < -0.4 is 0 Å². The summed E-state index contributed by atoms with van der Waals surface area (Å²) >= 11 is 0. The molecular weight excluding hydrogens is 179 g/mol. The van der Waals surface area contributed by atoms with Gasteiger partial charge in [-0.3, -0.25) is 4.79 Å². The van der Waals surface area contributed by atoms with E-state index in [4.69, 9.17) is 0 Å². The number of hydrogen-bond acceptors (Lipinski definition) is 1. The van der Waals surface area contributed by atoms with E-state index in [2.05, 4.69) is 0 Å². The van der Waals surface area contributed by atoms with E-state index in [9.17, 15) is 9.18 Å². The molecule has 0 fully saturated rings. The van der Waals surface area contributed by atoms with Crippen molar-refractivity contribution in [3.05, 3.63) is 35.1 Å². The first-order valence-corrected chi connectivity index (χ1v) is 4.63. The molecule has 0 aliphatic heterocycles. The van der Waals surface area contributed by atoms with Crippen LogP contribution in [0.2, 0.25) is 0 Å². The zero-order valence-corrected chi connectivity index (χ0v) is 9.02. The molecule has 1 aromatic carbocycles. The van der Waals surface area contributed by atoms with E-state index in [1.165, 1.54) is 6.07 Å². The van der Waals surface area contributed by atoms with Crippen molar-refractivity contribution in [2.75, 3.05) is 0 Å². The van der Waals surface area contributed by atoms with E-state index in [0.29, 0.717) is 5.56 Å². The first-order chi connectivity index (χ1) is 6.35. The van der Waals surface area contributed by atoms with Gasteiger partial charge in [-0.2, -0.15) is 0 Å². The predicted octanol–water partition coefficient (Wildman–Crippen LogP) is 3.00. The number of carbonyl (C=O) groups is 1. The maximum Gasteiger partial charge on any atom is 0.139 e. The first kappa shape index (κ1) is 10.9. The lowest BCUT2D eigenvalue weighted by molar-refractivity contribution is -0.121. The first-order valence-electron chi connectivity index (χ1n) is 4.63. The quantitative estimate of drug-likeness (QED) is 0.707. The highest BCUT2D eigenvalue weighted by Gasteiger charge is 2.26. The Hall–Kier alpha value is -1.18. The SMILES string of the molecule is CC(=O)C(C)(C)c1ccc(F)c(C)c1. The zero-order chi connectivity index (χ0) is 10.9. The molecular formula is C12H15FO. The second-order valence-corrected chi connectivity index (χ2v) is 4.15. The lowest BCUT2D eigenvalue weighted by atomic mass is 9.81. The van der Waals surface area contributed by atoms with Crippen LogP contribution in [0, 0.1) is 12.7 Å². The second-order valence-electron chi connectivity index (χ2n) is 4.15. The van der Waals surface area contributed by atoms with Crippen LogP contribution in [0.15, 0.2) is 18.2 Å². The molecule has 0 heterocycles. The van der Waals surface area contributed by atoms with Crippen LogP contribution >= 0.6 is 0 Å². The highest BCUT2D eigenvalue weighted by molar-refractivity contribution is 5.87. The van der Waals surface area contributed by atoms with Crippen molar-refractivity contribution in [3.8, 4) is 0 Å². The lowest BCUT2D eigenvalue weighted by Gasteiger charge is -2.22. The molecule has 0 aromatic heterocycles. The smallest absolute Gasteiger partial charge is 0.139 e. The largest absolute Gasteiger partial charge is 0.299 e. The highest BCUT2D eigenvalue weighted by Crippen LogP contribution is 2.25. The number of benzene rings is 1. The van der Waals surface area contributed by atoms with Crippen LogP contribution in [0.1, 0.15) is 31.9 Å². The molecule has 0 saturated heterocycles. The van der Waals surface area contributed by atoms with E-state index in [0.717, 1.165) is 5.56 Å². The van der Waals surface area contributed by atoms with Crippen molar-refractivity contribution < 1.29 is 9.18 Å². The molecule has 0 bridgehead atoms. The van der Waals surface area contributed by atoms with Crippen LogP contribution in [0.5, 0.6) is 0 Å². The molecule has 1 aromatic rings. The molecule has 0 spiro atoms. The zero-order valence-electron chi connectivity index (χ0n) is 9.02. The summed E-state index contributed by atoms with van der Waals surface area (Å²) in [7, 11) is 0. The van der Waals surface area contributed by atoms with Gasteiger partial charge < -0.3 is 0 Å². The number of aryl methyl sites for hydroxylation is 1. The standard InChI is InChI=1S/C12H15FO/c1-8-7-10(5-6-11(8)13)12(3,4)9(2)14/h5-7H,1-4H3. The number of carbonyl (C=O) groups excluding carboxylic acids is 1. The summed E-state index contributed by atoms with van der Waals surface area (Å²) in [4.78, 5) is 11.4. The Labute approximate surface area is 83.9 Å². The molecule has 2 heteroatoms. The van der Waals surface area contributed by atoms with E-state index >= 15 is 0 Å². The summed E-state index contributed by atoms with van der Waals surface area (Å²) in [6.45, 7) is 6.96. The summed E-state index contributed by atoms with van der Waals surface area (Å²) in [5, 5.41) is 0. The third-order valence-corrected chi connectivity index (χ3v) is 2.76. The fraction of sp³-hybridized carbons (Fsp3) is 0.417. The van der Waals surface area contributed by atoms with Gasteiger partial charge in [-0.1, -0.05) is 12.1 Å². The average molecular weight is 194 g/mol. The Bertz CT molecular complexity index is 367. The van der Waals surface area contributed by atoms with Crippen molar-refractivity contribution in [1.29, 1.82) is 0 Å². The van der Waals surface area contributed by atoms with Gasteiger partial charge in [-0.05, 0) is 44.9 Å². The van der Waals surface area contributed by atoms with Crippen molar-refractivity contribution in [2.45, 2.75) is 33.1 Å². The molecule has 1 rings (SSSR count). The van der Waals surface area contributed by atoms with Crippen LogP contribution in [0.3, 0.4) is 0 Å². The average Bonchev–Trinajstić information content (AvgIpc) is 2.09. The van der Waals surface area contributed by atoms with Gasteiger partial charge in [0.15, 0.2) is 0 Å². The highest BCUT2D eigenvalue weighted by atomic mass is 19.1. The molecule has 0 radical (unpaired) electrons. The summed E-state index contributed by atoms with van der Waals surface area (Å²) in [5.41, 5.74) is 0.916. The van der Waals surface area contributed by atoms with E-state index in [1.807, 2.05) is 13.8 Å².